The second kappa shape index (κ2) is 4.64. The first-order chi connectivity index (χ1) is 8.90. The Labute approximate surface area is 107 Å². The van der Waals surface area contributed by atoms with Crippen molar-refractivity contribution < 1.29 is 14.3 Å². The van der Waals surface area contributed by atoms with E-state index >= 15 is 0 Å². The summed E-state index contributed by atoms with van der Waals surface area (Å²) in [5.41, 5.74) is 0.122. The molecule has 0 aliphatic heterocycles. The van der Waals surface area contributed by atoms with Crippen molar-refractivity contribution in [3.63, 3.8) is 0 Å². The Morgan fingerprint density at radius 2 is 2.00 bits per heavy atom. The van der Waals surface area contributed by atoms with Gasteiger partial charge in [-0.25, -0.2) is 13.9 Å². The van der Waals surface area contributed by atoms with Gasteiger partial charge in [0.15, 0.2) is 0 Å². The molecular weight excluding hydrogens is 251 g/mol. The topological polar surface area (TPSA) is 72.2 Å². The first-order valence-electron chi connectivity index (χ1n) is 5.50. The van der Waals surface area contributed by atoms with E-state index in [0.717, 1.165) is 0 Å². The van der Waals surface area contributed by atoms with E-state index in [4.69, 9.17) is 5.11 Å². The van der Waals surface area contributed by atoms with Gasteiger partial charge in [-0.1, -0.05) is 6.07 Å². The molecule has 5 nitrogen and oxygen atoms in total. The van der Waals surface area contributed by atoms with Gasteiger partial charge in [-0.15, -0.1) is 0 Å². The summed E-state index contributed by atoms with van der Waals surface area (Å²) in [5, 5.41) is 12.7. The van der Waals surface area contributed by atoms with Crippen molar-refractivity contribution in [3.8, 4) is 5.69 Å². The molecule has 1 aromatic heterocycles. The molecule has 19 heavy (non-hydrogen) atoms. The smallest absolute Gasteiger partial charge is 0.360 e. The molecule has 6 heteroatoms. The molecule has 0 atom stereocenters. The zero-order chi connectivity index (χ0) is 14.2. The summed E-state index contributed by atoms with van der Waals surface area (Å²) in [7, 11) is 0. The van der Waals surface area contributed by atoms with Gasteiger partial charge < -0.3 is 5.11 Å². The predicted molar refractivity (Wildman–Crippen MR) is 66.2 cm³/mol. The number of aryl methyl sites for hydroxylation is 2. The van der Waals surface area contributed by atoms with Crippen molar-refractivity contribution >= 4 is 5.97 Å². The Bertz CT molecular complexity index is 722. The molecule has 0 aliphatic carbocycles. The van der Waals surface area contributed by atoms with Crippen LogP contribution in [0.25, 0.3) is 5.69 Å². The van der Waals surface area contributed by atoms with E-state index in [-0.39, 0.29) is 5.56 Å². The number of aromatic carboxylic acids is 1. The fourth-order valence-corrected chi connectivity index (χ4v) is 1.70. The lowest BCUT2D eigenvalue weighted by Gasteiger charge is -2.10. The maximum atomic E-state index is 13.3. The summed E-state index contributed by atoms with van der Waals surface area (Å²) in [4.78, 5) is 22.6. The number of benzene rings is 1. The SMILES string of the molecule is Cc1ccc(F)cc1-n1cc(C)c(=O)c(C(=O)O)n1. The number of aromatic nitrogens is 2. The van der Waals surface area contributed by atoms with Crippen molar-refractivity contribution in [1.82, 2.24) is 9.78 Å². The van der Waals surface area contributed by atoms with Gasteiger partial charge in [0.2, 0.25) is 11.1 Å². The number of carboxylic acids is 1. The van der Waals surface area contributed by atoms with Crippen molar-refractivity contribution in [2.24, 2.45) is 0 Å². The number of hydrogen-bond donors (Lipinski definition) is 1. The molecule has 0 fully saturated rings. The van der Waals surface area contributed by atoms with Crippen LogP contribution in [0.4, 0.5) is 4.39 Å². The van der Waals surface area contributed by atoms with Crippen LogP contribution in [0.2, 0.25) is 0 Å². The molecule has 1 N–H and O–H groups in total. The van der Waals surface area contributed by atoms with Crippen LogP contribution in [0.3, 0.4) is 0 Å². The minimum absolute atomic E-state index is 0.232. The molecule has 1 heterocycles. The molecule has 0 aliphatic rings. The fourth-order valence-electron chi connectivity index (χ4n) is 1.70. The first-order valence-corrected chi connectivity index (χ1v) is 5.50. The minimum Gasteiger partial charge on any atom is -0.476 e. The van der Waals surface area contributed by atoms with Crippen LogP contribution in [-0.2, 0) is 0 Å². The van der Waals surface area contributed by atoms with Gasteiger partial charge in [-0.3, -0.25) is 4.79 Å². The zero-order valence-electron chi connectivity index (χ0n) is 10.3. The highest BCUT2D eigenvalue weighted by Gasteiger charge is 2.15. The second-order valence-corrected chi connectivity index (χ2v) is 4.17. The van der Waals surface area contributed by atoms with Crippen molar-refractivity contribution in [2.75, 3.05) is 0 Å². The van der Waals surface area contributed by atoms with Gasteiger partial charge in [0.05, 0.1) is 5.69 Å². The molecule has 98 valence electrons. The summed E-state index contributed by atoms with van der Waals surface area (Å²) >= 11 is 0. The van der Waals surface area contributed by atoms with Gasteiger partial charge in [-0.2, -0.15) is 5.10 Å². The third-order valence-corrected chi connectivity index (χ3v) is 2.72. The van der Waals surface area contributed by atoms with Gasteiger partial charge in [0, 0.05) is 11.8 Å². The maximum absolute atomic E-state index is 13.3. The standard InChI is InChI=1S/C13H11FN2O3/c1-7-3-4-9(14)5-10(7)16-6-8(2)12(17)11(15-16)13(18)19/h3-6H,1-2H3,(H,18,19). The Balaban J connectivity index is 2.73. The third kappa shape index (κ3) is 2.37. The van der Waals surface area contributed by atoms with E-state index in [1.807, 2.05) is 0 Å². The lowest BCUT2D eigenvalue weighted by molar-refractivity contribution is 0.0686. The summed E-state index contributed by atoms with van der Waals surface area (Å²) < 4.78 is 14.5. The lowest BCUT2D eigenvalue weighted by Crippen LogP contribution is -2.23. The largest absolute Gasteiger partial charge is 0.476 e. The fraction of sp³-hybridized carbons (Fsp3) is 0.154. The Hall–Kier alpha value is -2.50. The van der Waals surface area contributed by atoms with Crippen LogP contribution < -0.4 is 5.43 Å². The molecule has 0 spiro atoms. The molecule has 0 saturated carbocycles. The van der Waals surface area contributed by atoms with Crippen LogP contribution >= 0.6 is 0 Å². The highest BCUT2D eigenvalue weighted by Crippen LogP contribution is 2.14. The predicted octanol–water partition coefficient (Wildman–Crippen LogP) is 1.69. The first kappa shape index (κ1) is 12.9. The van der Waals surface area contributed by atoms with Gasteiger partial charge >= 0.3 is 5.97 Å². The molecule has 2 aromatic rings. The quantitative estimate of drug-likeness (QED) is 0.893. The van der Waals surface area contributed by atoms with E-state index in [1.54, 1.807) is 13.0 Å². The van der Waals surface area contributed by atoms with Crippen LogP contribution in [0, 0.1) is 19.7 Å². The molecule has 2 rings (SSSR count). The highest BCUT2D eigenvalue weighted by atomic mass is 19.1. The molecule has 0 amide bonds. The Morgan fingerprint density at radius 1 is 1.32 bits per heavy atom. The number of rotatable bonds is 2. The average molecular weight is 262 g/mol. The van der Waals surface area contributed by atoms with E-state index in [9.17, 15) is 14.0 Å². The van der Waals surface area contributed by atoms with Gasteiger partial charge in [0.25, 0.3) is 0 Å². The monoisotopic (exact) mass is 262 g/mol. The van der Waals surface area contributed by atoms with Crippen LogP contribution in [0.5, 0.6) is 0 Å². The normalized spacial score (nSPS) is 10.5. The molecule has 1 aromatic carbocycles. The van der Waals surface area contributed by atoms with E-state index in [2.05, 4.69) is 5.10 Å². The second-order valence-electron chi connectivity index (χ2n) is 4.17. The van der Waals surface area contributed by atoms with E-state index in [0.29, 0.717) is 11.3 Å². The number of hydrogen-bond acceptors (Lipinski definition) is 3. The maximum Gasteiger partial charge on any atom is 0.360 e. The lowest BCUT2D eigenvalue weighted by atomic mass is 10.2. The van der Waals surface area contributed by atoms with Crippen LogP contribution in [-0.4, -0.2) is 20.9 Å². The molecular formula is C13H11FN2O3. The number of halogens is 1. The number of nitrogens with zero attached hydrogens (tertiary/aromatic N) is 2. The van der Waals surface area contributed by atoms with Crippen LogP contribution in [0.1, 0.15) is 21.6 Å². The van der Waals surface area contributed by atoms with E-state index < -0.39 is 22.9 Å². The number of carboxylic acid groups (broad SMARTS) is 1. The third-order valence-electron chi connectivity index (χ3n) is 2.72. The van der Waals surface area contributed by atoms with Gasteiger partial charge in [0.1, 0.15) is 5.82 Å². The van der Waals surface area contributed by atoms with Gasteiger partial charge in [-0.05, 0) is 31.5 Å². The summed E-state index contributed by atoms with van der Waals surface area (Å²) in [5.74, 6) is -1.87. The molecule has 0 unspecified atom stereocenters. The van der Waals surface area contributed by atoms with Crippen LogP contribution in [0.15, 0.2) is 29.2 Å². The summed E-state index contributed by atoms with van der Waals surface area (Å²) in [6.45, 7) is 3.23. The molecule has 0 bridgehead atoms. The van der Waals surface area contributed by atoms with Crippen molar-refractivity contribution in [3.05, 3.63) is 57.3 Å². The van der Waals surface area contributed by atoms with E-state index in [1.165, 1.54) is 29.9 Å². The van der Waals surface area contributed by atoms with Crippen molar-refractivity contribution in [2.45, 2.75) is 13.8 Å². The molecule has 0 saturated heterocycles. The zero-order valence-corrected chi connectivity index (χ0v) is 10.3. The Kier molecular flexibility index (Phi) is 3.16. The summed E-state index contributed by atoms with van der Waals surface area (Å²) in [6.07, 6.45) is 1.39. The van der Waals surface area contributed by atoms with Crippen molar-refractivity contribution in [1.29, 1.82) is 0 Å². The average Bonchev–Trinajstić information content (AvgIpc) is 2.35. The Morgan fingerprint density at radius 3 is 2.63 bits per heavy atom. The molecule has 0 radical (unpaired) electrons. The number of carbonyl (C=O) groups is 1. The highest BCUT2D eigenvalue weighted by molar-refractivity contribution is 5.85. The summed E-state index contributed by atoms with van der Waals surface area (Å²) in [6, 6.07) is 4.09. The minimum atomic E-state index is -1.41.